The summed E-state index contributed by atoms with van der Waals surface area (Å²) >= 11 is 0. The summed E-state index contributed by atoms with van der Waals surface area (Å²) in [5.41, 5.74) is 1.46. The van der Waals surface area contributed by atoms with E-state index in [1.165, 1.54) is 25.4 Å². The molecular weight excluding hydrogens is 352 g/mol. The number of aromatic amines is 1. The molecule has 3 aromatic heterocycles. The highest BCUT2D eigenvalue weighted by molar-refractivity contribution is 6.13. The Labute approximate surface area is 151 Å². The van der Waals surface area contributed by atoms with Crippen molar-refractivity contribution in [2.24, 2.45) is 0 Å². The molecule has 3 heterocycles. The van der Waals surface area contributed by atoms with Gasteiger partial charge in [0.1, 0.15) is 11.9 Å². The van der Waals surface area contributed by atoms with Crippen molar-refractivity contribution in [2.75, 3.05) is 7.11 Å². The van der Waals surface area contributed by atoms with Gasteiger partial charge in [0.05, 0.1) is 17.5 Å². The molecule has 0 aliphatic rings. The number of benzene rings is 1. The number of ether oxygens (including phenoxy) is 2. The van der Waals surface area contributed by atoms with Crippen molar-refractivity contribution in [1.29, 1.82) is 0 Å². The minimum absolute atomic E-state index is 0.114. The highest BCUT2D eigenvalue weighted by Gasteiger charge is 2.16. The van der Waals surface area contributed by atoms with Crippen molar-refractivity contribution >= 4 is 33.5 Å². The second kappa shape index (κ2) is 6.37. The quantitative estimate of drug-likeness (QED) is 0.334. The van der Waals surface area contributed by atoms with E-state index in [0.29, 0.717) is 11.3 Å². The van der Waals surface area contributed by atoms with Gasteiger partial charge in [0.25, 0.3) is 5.69 Å². The zero-order chi connectivity index (χ0) is 19.0. The molecule has 4 rings (SSSR count). The highest BCUT2D eigenvalue weighted by atomic mass is 16.6. The second-order valence-corrected chi connectivity index (χ2v) is 5.62. The Morgan fingerprint density at radius 3 is 2.70 bits per heavy atom. The van der Waals surface area contributed by atoms with Crippen LogP contribution in [0.15, 0.2) is 48.8 Å². The van der Waals surface area contributed by atoms with Crippen LogP contribution in [0.25, 0.3) is 21.8 Å². The molecule has 0 amide bonds. The van der Waals surface area contributed by atoms with Crippen molar-refractivity contribution in [3.05, 3.63) is 64.6 Å². The fraction of sp³-hybridized carbons (Fsp3) is 0.0556. The van der Waals surface area contributed by atoms with Crippen LogP contribution in [0.4, 0.5) is 5.69 Å². The molecular formula is C18H12N4O5. The van der Waals surface area contributed by atoms with Crippen LogP contribution >= 0.6 is 0 Å². The first-order valence-corrected chi connectivity index (χ1v) is 7.84. The lowest BCUT2D eigenvalue weighted by atomic mass is 10.1. The molecule has 134 valence electrons. The molecule has 0 saturated heterocycles. The molecule has 0 fully saturated rings. The van der Waals surface area contributed by atoms with E-state index < -0.39 is 10.9 Å². The third kappa shape index (κ3) is 2.91. The fourth-order valence-corrected chi connectivity index (χ4v) is 2.78. The Kier molecular flexibility index (Phi) is 3.88. The zero-order valence-electron chi connectivity index (χ0n) is 14.0. The Morgan fingerprint density at radius 2 is 2.00 bits per heavy atom. The third-order valence-electron chi connectivity index (χ3n) is 4.02. The van der Waals surface area contributed by atoms with E-state index >= 15 is 0 Å². The SMILES string of the molecule is COC(=O)c1nccc2c1[nH]c1ccc(Oc3ccc([N+](=O)[O-])cn3)cc12. The molecule has 9 heteroatoms. The number of nitrogens with one attached hydrogen (secondary N) is 1. The summed E-state index contributed by atoms with van der Waals surface area (Å²) in [7, 11) is 1.30. The molecule has 1 N–H and O–H groups in total. The van der Waals surface area contributed by atoms with Crippen LogP contribution in [0.2, 0.25) is 0 Å². The number of esters is 1. The smallest absolute Gasteiger partial charge is 0.358 e. The van der Waals surface area contributed by atoms with Gasteiger partial charge in [-0.3, -0.25) is 10.1 Å². The number of hydrogen-bond acceptors (Lipinski definition) is 7. The number of nitro groups is 1. The Bertz CT molecular complexity index is 1180. The first kappa shape index (κ1) is 16.5. The van der Waals surface area contributed by atoms with E-state index in [2.05, 4.69) is 15.0 Å². The lowest BCUT2D eigenvalue weighted by Crippen LogP contribution is -2.04. The number of methoxy groups -OCH3 is 1. The van der Waals surface area contributed by atoms with E-state index in [0.717, 1.165) is 22.5 Å². The van der Waals surface area contributed by atoms with E-state index in [1.54, 1.807) is 24.3 Å². The van der Waals surface area contributed by atoms with Gasteiger partial charge >= 0.3 is 5.97 Å². The number of nitrogens with zero attached hydrogens (tertiary/aromatic N) is 3. The summed E-state index contributed by atoms with van der Waals surface area (Å²) in [5, 5.41) is 12.3. The Balaban J connectivity index is 1.74. The lowest BCUT2D eigenvalue weighted by molar-refractivity contribution is -0.385. The third-order valence-corrected chi connectivity index (χ3v) is 4.02. The maximum Gasteiger partial charge on any atom is 0.358 e. The van der Waals surface area contributed by atoms with Gasteiger partial charge in [0.15, 0.2) is 5.69 Å². The molecule has 0 saturated carbocycles. The average Bonchev–Trinajstić information content (AvgIpc) is 3.06. The molecule has 0 spiro atoms. The van der Waals surface area contributed by atoms with Gasteiger partial charge in [-0.25, -0.2) is 14.8 Å². The summed E-state index contributed by atoms with van der Waals surface area (Å²) in [6, 6.07) is 9.85. The molecule has 0 atom stereocenters. The molecule has 0 unspecified atom stereocenters. The zero-order valence-corrected chi connectivity index (χ0v) is 14.0. The topological polar surface area (TPSA) is 120 Å². The van der Waals surface area contributed by atoms with E-state index in [-0.39, 0.29) is 17.3 Å². The van der Waals surface area contributed by atoms with Crippen LogP contribution in [-0.4, -0.2) is 33.0 Å². The van der Waals surface area contributed by atoms with Gasteiger partial charge in [-0.05, 0) is 24.3 Å². The molecule has 0 radical (unpaired) electrons. The van der Waals surface area contributed by atoms with Gasteiger partial charge in [0, 0.05) is 34.6 Å². The molecule has 27 heavy (non-hydrogen) atoms. The van der Waals surface area contributed by atoms with Gasteiger partial charge in [-0.1, -0.05) is 0 Å². The molecule has 0 aliphatic carbocycles. The van der Waals surface area contributed by atoms with Gasteiger partial charge < -0.3 is 14.5 Å². The summed E-state index contributed by atoms with van der Waals surface area (Å²) in [6.07, 6.45) is 2.67. The molecule has 4 aromatic rings. The number of hydrogen-bond donors (Lipinski definition) is 1. The van der Waals surface area contributed by atoms with Crippen molar-refractivity contribution < 1.29 is 19.2 Å². The number of carbonyl (C=O) groups excluding carboxylic acids is 1. The Morgan fingerprint density at radius 1 is 1.15 bits per heavy atom. The summed E-state index contributed by atoms with van der Waals surface area (Å²) in [4.78, 5) is 33.2. The normalized spacial score (nSPS) is 10.9. The van der Waals surface area contributed by atoms with E-state index in [4.69, 9.17) is 9.47 Å². The number of aromatic nitrogens is 3. The maximum absolute atomic E-state index is 11.9. The standard InChI is InChI=1S/C18H12N4O5/c1-26-18(23)17-16-12(6-7-19-17)13-8-11(3-4-14(13)21-16)27-15-5-2-10(9-20-15)22(24)25/h2-9,21H,1H3. The van der Waals surface area contributed by atoms with E-state index in [9.17, 15) is 14.9 Å². The number of pyridine rings is 2. The van der Waals surface area contributed by atoms with E-state index in [1.807, 2.05) is 0 Å². The minimum atomic E-state index is -0.529. The van der Waals surface area contributed by atoms with Crippen LogP contribution in [0.1, 0.15) is 10.5 Å². The highest BCUT2D eigenvalue weighted by Crippen LogP contribution is 2.31. The molecule has 0 aliphatic heterocycles. The Hall–Kier alpha value is -4.01. The number of H-pyrrole nitrogens is 1. The summed E-state index contributed by atoms with van der Waals surface area (Å²) in [5.74, 6) is 0.205. The lowest BCUT2D eigenvalue weighted by Gasteiger charge is -2.04. The largest absolute Gasteiger partial charge is 0.464 e. The molecule has 0 bridgehead atoms. The summed E-state index contributed by atoms with van der Waals surface area (Å²) in [6.45, 7) is 0. The van der Waals surface area contributed by atoms with Gasteiger partial charge in [0.2, 0.25) is 5.88 Å². The van der Waals surface area contributed by atoms with Crippen LogP contribution in [0.3, 0.4) is 0 Å². The van der Waals surface area contributed by atoms with Crippen LogP contribution in [-0.2, 0) is 4.74 Å². The van der Waals surface area contributed by atoms with Gasteiger partial charge in [-0.15, -0.1) is 0 Å². The monoisotopic (exact) mass is 364 g/mol. The number of carbonyl (C=O) groups is 1. The molecule has 9 nitrogen and oxygen atoms in total. The van der Waals surface area contributed by atoms with Crippen molar-refractivity contribution in [3.63, 3.8) is 0 Å². The predicted molar refractivity (Wildman–Crippen MR) is 95.9 cm³/mol. The van der Waals surface area contributed by atoms with Crippen molar-refractivity contribution in [3.8, 4) is 11.6 Å². The van der Waals surface area contributed by atoms with Crippen LogP contribution in [0, 0.1) is 10.1 Å². The average molecular weight is 364 g/mol. The fourth-order valence-electron chi connectivity index (χ4n) is 2.78. The van der Waals surface area contributed by atoms with Crippen LogP contribution in [0.5, 0.6) is 11.6 Å². The van der Waals surface area contributed by atoms with Crippen molar-refractivity contribution in [1.82, 2.24) is 15.0 Å². The van der Waals surface area contributed by atoms with Gasteiger partial charge in [-0.2, -0.15) is 0 Å². The first-order valence-electron chi connectivity index (χ1n) is 7.84. The second-order valence-electron chi connectivity index (χ2n) is 5.62. The first-order chi connectivity index (χ1) is 13.1. The van der Waals surface area contributed by atoms with Crippen LogP contribution < -0.4 is 4.74 Å². The molecule has 1 aromatic carbocycles. The summed E-state index contributed by atoms with van der Waals surface area (Å²) < 4.78 is 10.5. The number of fused-ring (bicyclic) bond motifs is 3. The minimum Gasteiger partial charge on any atom is -0.464 e. The van der Waals surface area contributed by atoms with Crippen molar-refractivity contribution in [2.45, 2.75) is 0 Å². The number of rotatable bonds is 4. The predicted octanol–water partition coefficient (Wildman–Crippen LogP) is 3.60. The maximum atomic E-state index is 11.9.